The van der Waals surface area contributed by atoms with Crippen molar-refractivity contribution in [1.29, 1.82) is 0 Å². The molecule has 1 amide bonds. The van der Waals surface area contributed by atoms with Crippen LogP contribution >= 0.6 is 11.5 Å². The minimum Gasteiger partial charge on any atom is -0.399 e. The number of benzene rings is 1. The molecule has 0 spiro atoms. The first-order chi connectivity index (χ1) is 9.99. The Morgan fingerprint density at radius 1 is 1.48 bits per heavy atom. The normalized spacial score (nSPS) is 17.3. The molecular formula is C15H18N4OS. The fourth-order valence-electron chi connectivity index (χ4n) is 2.79. The first-order valence-corrected chi connectivity index (χ1v) is 7.80. The summed E-state index contributed by atoms with van der Waals surface area (Å²) in [5.41, 5.74) is 9.42. The number of nitrogens with two attached hydrogens (primary N) is 1. The highest BCUT2D eigenvalue weighted by Crippen LogP contribution is 2.35. The van der Waals surface area contributed by atoms with E-state index >= 15 is 0 Å². The van der Waals surface area contributed by atoms with Gasteiger partial charge in [-0.1, -0.05) is 18.3 Å². The number of amides is 1. The summed E-state index contributed by atoms with van der Waals surface area (Å²) in [6, 6.07) is 5.84. The Bertz CT molecular complexity index is 695. The molecule has 0 bridgehead atoms. The zero-order chi connectivity index (χ0) is 15.1. The van der Waals surface area contributed by atoms with E-state index in [-0.39, 0.29) is 17.9 Å². The van der Waals surface area contributed by atoms with Gasteiger partial charge in [-0.25, -0.2) is 0 Å². The van der Waals surface area contributed by atoms with Gasteiger partial charge in [0.1, 0.15) is 4.88 Å². The smallest absolute Gasteiger partial charge is 0.272 e. The van der Waals surface area contributed by atoms with Crippen LogP contribution in [0, 0.1) is 0 Å². The summed E-state index contributed by atoms with van der Waals surface area (Å²) in [5, 5.41) is 4.10. The zero-order valence-corrected chi connectivity index (χ0v) is 13.1. The minimum absolute atomic E-state index is 0.00952. The van der Waals surface area contributed by atoms with E-state index in [4.69, 9.17) is 5.73 Å². The summed E-state index contributed by atoms with van der Waals surface area (Å²) >= 11 is 1.18. The highest BCUT2D eigenvalue weighted by molar-refractivity contribution is 7.08. The Labute approximate surface area is 127 Å². The van der Waals surface area contributed by atoms with Gasteiger partial charge < -0.3 is 10.6 Å². The molecule has 5 nitrogen and oxygen atoms in total. The second-order valence-corrected chi connectivity index (χ2v) is 6.51. The number of anilines is 2. The molecule has 2 heterocycles. The lowest BCUT2D eigenvalue weighted by atomic mass is 10.1. The summed E-state index contributed by atoms with van der Waals surface area (Å²) in [4.78, 5) is 15.4. The maximum Gasteiger partial charge on any atom is 0.272 e. The molecule has 2 N–H and O–H groups in total. The number of aromatic nitrogens is 2. The monoisotopic (exact) mass is 302 g/mol. The summed E-state index contributed by atoms with van der Waals surface area (Å²) in [5.74, 6) is 0.177. The Morgan fingerprint density at radius 3 is 2.95 bits per heavy atom. The number of fused-ring (bicyclic) bond motifs is 1. The van der Waals surface area contributed by atoms with E-state index in [0.29, 0.717) is 4.88 Å². The lowest BCUT2D eigenvalue weighted by molar-refractivity contribution is 0.0984. The molecule has 0 radical (unpaired) electrons. The third-order valence-electron chi connectivity index (χ3n) is 3.79. The molecule has 1 unspecified atom stereocenters. The van der Waals surface area contributed by atoms with Crippen LogP contribution in [0.4, 0.5) is 11.4 Å². The lowest BCUT2D eigenvalue weighted by Crippen LogP contribution is -2.35. The molecular weight excluding hydrogens is 284 g/mol. The van der Waals surface area contributed by atoms with Gasteiger partial charge in [-0.3, -0.25) is 4.79 Å². The molecule has 21 heavy (non-hydrogen) atoms. The SMILES string of the molecule is CC(C)c1nnsc1C(=O)N1c2ccc(N)cc2CC1C. The average molecular weight is 302 g/mol. The molecule has 1 atom stereocenters. The van der Waals surface area contributed by atoms with Crippen LogP contribution < -0.4 is 10.6 Å². The topological polar surface area (TPSA) is 72.1 Å². The van der Waals surface area contributed by atoms with Crippen molar-refractivity contribution in [3.63, 3.8) is 0 Å². The molecule has 2 aromatic rings. The maximum absolute atomic E-state index is 12.9. The average Bonchev–Trinajstić information content (AvgIpc) is 3.01. The van der Waals surface area contributed by atoms with Gasteiger partial charge in [-0.2, -0.15) is 0 Å². The predicted molar refractivity (Wildman–Crippen MR) is 84.8 cm³/mol. The Hall–Kier alpha value is -1.95. The van der Waals surface area contributed by atoms with Gasteiger partial charge in [0.05, 0.1) is 5.69 Å². The summed E-state index contributed by atoms with van der Waals surface area (Å²) in [6.45, 7) is 6.10. The van der Waals surface area contributed by atoms with Gasteiger partial charge in [0, 0.05) is 17.4 Å². The van der Waals surface area contributed by atoms with Crippen molar-refractivity contribution in [3.05, 3.63) is 34.3 Å². The van der Waals surface area contributed by atoms with Crippen LogP contribution in [-0.2, 0) is 6.42 Å². The van der Waals surface area contributed by atoms with Gasteiger partial charge in [0.15, 0.2) is 0 Å². The first-order valence-electron chi connectivity index (χ1n) is 7.03. The second kappa shape index (κ2) is 5.11. The molecule has 6 heteroatoms. The molecule has 1 aromatic carbocycles. The van der Waals surface area contributed by atoms with E-state index in [9.17, 15) is 4.79 Å². The molecule has 3 rings (SSSR count). The molecule has 1 aliphatic heterocycles. The molecule has 0 aliphatic carbocycles. The third-order valence-corrected chi connectivity index (χ3v) is 4.52. The van der Waals surface area contributed by atoms with Gasteiger partial charge >= 0.3 is 0 Å². The Morgan fingerprint density at radius 2 is 2.24 bits per heavy atom. The highest BCUT2D eigenvalue weighted by atomic mass is 32.1. The summed E-state index contributed by atoms with van der Waals surface area (Å²) < 4.78 is 3.96. The standard InChI is InChI=1S/C15H18N4OS/c1-8(2)13-14(21-18-17-13)15(20)19-9(3)6-10-7-11(16)4-5-12(10)19/h4-5,7-9H,6,16H2,1-3H3. The zero-order valence-electron chi connectivity index (χ0n) is 12.3. The van der Waals surface area contributed by atoms with Crippen LogP contribution in [0.1, 0.15) is 47.6 Å². The van der Waals surface area contributed by atoms with Crippen LogP contribution in [0.5, 0.6) is 0 Å². The number of carbonyl (C=O) groups excluding carboxylic acids is 1. The number of hydrogen-bond donors (Lipinski definition) is 1. The highest BCUT2D eigenvalue weighted by Gasteiger charge is 2.34. The van der Waals surface area contributed by atoms with Crippen molar-refractivity contribution in [2.24, 2.45) is 0 Å². The molecule has 0 saturated heterocycles. The fraction of sp³-hybridized carbons (Fsp3) is 0.400. The van der Waals surface area contributed by atoms with E-state index in [1.807, 2.05) is 36.9 Å². The van der Waals surface area contributed by atoms with Crippen LogP contribution in [0.25, 0.3) is 0 Å². The Kier molecular flexibility index (Phi) is 3.41. The fourth-order valence-corrected chi connectivity index (χ4v) is 3.55. The van der Waals surface area contributed by atoms with E-state index < -0.39 is 0 Å². The number of nitrogens with zero attached hydrogens (tertiary/aromatic N) is 3. The van der Waals surface area contributed by atoms with Crippen molar-refractivity contribution in [1.82, 2.24) is 9.59 Å². The van der Waals surface area contributed by atoms with Gasteiger partial charge in [-0.15, -0.1) is 5.10 Å². The molecule has 110 valence electrons. The quantitative estimate of drug-likeness (QED) is 0.866. The van der Waals surface area contributed by atoms with E-state index in [1.54, 1.807) is 0 Å². The van der Waals surface area contributed by atoms with E-state index in [0.717, 1.165) is 29.1 Å². The lowest BCUT2D eigenvalue weighted by Gasteiger charge is -2.22. The van der Waals surface area contributed by atoms with E-state index in [1.165, 1.54) is 11.5 Å². The number of hydrogen-bond acceptors (Lipinski definition) is 5. The third kappa shape index (κ3) is 2.29. The van der Waals surface area contributed by atoms with Gasteiger partial charge in [0.25, 0.3) is 5.91 Å². The number of nitrogen functional groups attached to an aromatic ring is 1. The first kappa shape index (κ1) is 14.0. The van der Waals surface area contributed by atoms with Crippen molar-refractivity contribution in [3.8, 4) is 0 Å². The Balaban J connectivity index is 2.01. The maximum atomic E-state index is 12.9. The van der Waals surface area contributed by atoms with Crippen LogP contribution in [-0.4, -0.2) is 21.5 Å². The molecule has 1 aliphatic rings. The van der Waals surface area contributed by atoms with Crippen LogP contribution in [0.3, 0.4) is 0 Å². The van der Waals surface area contributed by atoms with Crippen molar-refractivity contribution < 1.29 is 4.79 Å². The summed E-state index contributed by atoms with van der Waals surface area (Å²) in [6.07, 6.45) is 0.829. The predicted octanol–water partition coefficient (Wildman–Crippen LogP) is 2.84. The molecule has 0 fully saturated rings. The van der Waals surface area contributed by atoms with Gasteiger partial charge in [0.2, 0.25) is 0 Å². The number of rotatable bonds is 2. The summed E-state index contributed by atoms with van der Waals surface area (Å²) in [7, 11) is 0. The van der Waals surface area contributed by atoms with Gasteiger partial charge in [-0.05, 0) is 54.6 Å². The van der Waals surface area contributed by atoms with Crippen LogP contribution in [0.2, 0.25) is 0 Å². The van der Waals surface area contributed by atoms with Crippen LogP contribution in [0.15, 0.2) is 18.2 Å². The van der Waals surface area contributed by atoms with Crippen molar-refractivity contribution in [2.75, 3.05) is 10.6 Å². The molecule has 1 aromatic heterocycles. The van der Waals surface area contributed by atoms with E-state index in [2.05, 4.69) is 16.5 Å². The number of carbonyl (C=O) groups is 1. The molecule has 0 saturated carbocycles. The van der Waals surface area contributed by atoms with Crippen molar-refractivity contribution in [2.45, 2.75) is 39.2 Å². The van der Waals surface area contributed by atoms with Crippen molar-refractivity contribution >= 4 is 28.8 Å². The largest absolute Gasteiger partial charge is 0.399 e. The second-order valence-electron chi connectivity index (χ2n) is 5.76. The minimum atomic E-state index is -0.00952.